The summed E-state index contributed by atoms with van der Waals surface area (Å²) in [6, 6.07) is 6.21. The van der Waals surface area contributed by atoms with Crippen LogP contribution in [0.1, 0.15) is 37.7 Å². The van der Waals surface area contributed by atoms with E-state index < -0.39 is 0 Å². The molecule has 0 saturated heterocycles. The summed E-state index contributed by atoms with van der Waals surface area (Å²) < 4.78 is 6.46. The number of hydrogen-bond acceptors (Lipinski definition) is 3. The fourth-order valence-electron chi connectivity index (χ4n) is 2.49. The quantitative estimate of drug-likeness (QED) is 0.328. The van der Waals surface area contributed by atoms with E-state index in [1.54, 1.807) is 12.3 Å². The molecule has 0 unspecified atom stereocenters. The molecule has 0 bridgehead atoms. The number of hydrazone groups is 1. The molecule has 0 spiro atoms. The predicted octanol–water partition coefficient (Wildman–Crippen LogP) is 4.14. The van der Waals surface area contributed by atoms with Gasteiger partial charge in [0.15, 0.2) is 5.11 Å². The Bertz CT molecular complexity index is 571. The van der Waals surface area contributed by atoms with Gasteiger partial charge in [-0.15, -0.1) is 0 Å². The molecule has 0 amide bonds. The fraction of sp³-hybridized carbons (Fsp3) is 0.412. The highest BCUT2D eigenvalue weighted by molar-refractivity contribution is 9.10. The minimum atomic E-state index is 0.473. The number of halogens is 1. The minimum Gasteiger partial charge on any atom is -0.490 e. The van der Waals surface area contributed by atoms with Crippen LogP contribution in [-0.4, -0.2) is 24.0 Å². The molecule has 1 aliphatic rings. The molecule has 124 valence electrons. The summed E-state index contributed by atoms with van der Waals surface area (Å²) in [6.45, 7) is 4.12. The van der Waals surface area contributed by atoms with Crippen LogP contribution in [0.2, 0.25) is 0 Å². The van der Waals surface area contributed by atoms with Crippen molar-refractivity contribution in [1.29, 1.82) is 0 Å². The van der Waals surface area contributed by atoms with E-state index in [4.69, 9.17) is 17.0 Å². The van der Waals surface area contributed by atoms with Crippen molar-refractivity contribution < 1.29 is 4.74 Å². The van der Waals surface area contributed by atoms with Crippen LogP contribution < -0.4 is 15.5 Å². The summed E-state index contributed by atoms with van der Waals surface area (Å²) in [4.78, 5) is 0. The van der Waals surface area contributed by atoms with Gasteiger partial charge >= 0.3 is 0 Å². The van der Waals surface area contributed by atoms with E-state index in [0.29, 0.717) is 17.8 Å². The molecule has 2 rings (SSSR count). The largest absolute Gasteiger partial charge is 0.490 e. The van der Waals surface area contributed by atoms with Crippen molar-refractivity contribution in [3.05, 3.63) is 40.9 Å². The molecule has 4 nitrogen and oxygen atoms in total. The maximum Gasteiger partial charge on any atom is 0.187 e. The van der Waals surface area contributed by atoms with Crippen LogP contribution in [-0.2, 0) is 0 Å². The van der Waals surface area contributed by atoms with Crippen LogP contribution in [0.3, 0.4) is 0 Å². The van der Waals surface area contributed by atoms with Crippen molar-refractivity contribution >= 4 is 39.5 Å². The van der Waals surface area contributed by atoms with Crippen LogP contribution in [0.4, 0.5) is 0 Å². The zero-order chi connectivity index (χ0) is 16.5. The molecule has 6 heteroatoms. The van der Waals surface area contributed by atoms with Gasteiger partial charge in [0.05, 0.1) is 6.21 Å². The van der Waals surface area contributed by atoms with Gasteiger partial charge < -0.3 is 10.1 Å². The molecule has 1 aromatic carbocycles. The highest BCUT2D eigenvalue weighted by Crippen LogP contribution is 2.21. The molecule has 0 atom stereocenters. The molecule has 1 aromatic rings. The summed E-state index contributed by atoms with van der Waals surface area (Å²) in [5.41, 5.74) is 3.80. The van der Waals surface area contributed by atoms with E-state index in [0.717, 1.165) is 15.8 Å². The third-order valence-electron chi connectivity index (χ3n) is 3.65. The monoisotopic (exact) mass is 395 g/mol. The van der Waals surface area contributed by atoms with Crippen LogP contribution >= 0.6 is 28.1 Å². The predicted molar refractivity (Wildman–Crippen MR) is 103 cm³/mol. The van der Waals surface area contributed by atoms with Crippen LogP contribution in [0.15, 0.2) is 40.4 Å². The summed E-state index contributed by atoms with van der Waals surface area (Å²) in [5.74, 6) is 0.775. The van der Waals surface area contributed by atoms with E-state index in [1.807, 2.05) is 18.2 Å². The Kier molecular flexibility index (Phi) is 7.55. The molecule has 1 fully saturated rings. The fourth-order valence-corrected chi connectivity index (χ4v) is 3.06. The first-order valence-corrected chi connectivity index (χ1v) is 9.02. The summed E-state index contributed by atoms with van der Waals surface area (Å²) >= 11 is 8.78. The molecule has 0 aliphatic heterocycles. The Morgan fingerprint density at radius 1 is 1.39 bits per heavy atom. The lowest BCUT2D eigenvalue weighted by Crippen LogP contribution is -2.40. The van der Waals surface area contributed by atoms with Crippen LogP contribution in [0.5, 0.6) is 5.75 Å². The van der Waals surface area contributed by atoms with Crippen LogP contribution in [0.25, 0.3) is 0 Å². The minimum absolute atomic E-state index is 0.473. The number of hydrogen-bond donors (Lipinski definition) is 2. The molecule has 2 N–H and O–H groups in total. The first kappa shape index (κ1) is 17.9. The first-order valence-electron chi connectivity index (χ1n) is 7.82. The van der Waals surface area contributed by atoms with Gasteiger partial charge in [-0.3, -0.25) is 5.43 Å². The first-order chi connectivity index (χ1) is 11.2. The van der Waals surface area contributed by atoms with Crippen molar-refractivity contribution in [2.75, 3.05) is 6.61 Å². The molecule has 0 heterocycles. The molecular weight excluding hydrogens is 374 g/mol. The standard InChI is InChI=1S/C17H22BrN3OS/c1-2-10-22-15-8-9-16(18)13(11-15)12-19-21-17(23)20-14-6-4-3-5-7-14/h2,8-9,11-12,14H,1,3-7,10H2,(H2,20,21,23). The van der Waals surface area contributed by atoms with E-state index in [9.17, 15) is 0 Å². The van der Waals surface area contributed by atoms with Gasteiger partial charge in [0.1, 0.15) is 12.4 Å². The van der Waals surface area contributed by atoms with E-state index >= 15 is 0 Å². The molecule has 1 saturated carbocycles. The second kappa shape index (κ2) is 9.67. The topological polar surface area (TPSA) is 45.6 Å². The lowest BCUT2D eigenvalue weighted by atomic mass is 9.96. The Morgan fingerprint density at radius 3 is 2.91 bits per heavy atom. The molecule has 1 aliphatic carbocycles. The van der Waals surface area contributed by atoms with Gasteiger partial charge in [-0.2, -0.15) is 5.10 Å². The average Bonchev–Trinajstić information content (AvgIpc) is 2.56. The highest BCUT2D eigenvalue weighted by Gasteiger charge is 2.13. The second-order valence-corrected chi connectivity index (χ2v) is 6.72. The number of benzene rings is 1. The van der Waals surface area contributed by atoms with E-state index in [1.165, 1.54) is 32.1 Å². The van der Waals surface area contributed by atoms with E-state index in [-0.39, 0.29) is 0 Å². The number of nitrogens with zero attached hydrogens (tertiary/aromatic N) is 1. The third kappa shape index (κ3) is 6.31. The Morgan fingerprint density at radius 2 is 2.17 bits per heavy atom. The van der Waals surface area contributed by atoms with Gasteiger partial charge in [0, 0.05) is 16.1 Å². The van der Waals surface area contributed by atoms with Crippen molar-refractivity contribution in [3.63, 3.8) is 0 Å². The zero-order valence-electron chi connectivity index (χ0n) is 13.1. The van der Waals surface area contributed by atoms with Crippen LogP contribution in [0, 0.1) is 0 Å². The average molecular weight is 396 g/mol. The van der Waals surface area contributed by atoms with Crippen molar-refractivity contribution in [2.24, 2.45) is 5.10 Å². The maximum absolute atomic E-state index is 5.52. The lowest BCUT2D eigenvalue weighted by Gasteiger charge is -2.23. The number of ether oxygens (including phenoxy) is 1. The maximum atomic E-state index is 5.52. The smallest absolute Gasteiger partial charge is 0.187 e. The summed E-state index contributed by atoms with van der Waals surface area (Å²) in [6.07, 6.45) is 9.67. The van der Waals surface area contributed by atoms with Gasteiger partial charge in [-0.05, 0) is 43.3 Å². The zero-order valence-corrected chi connectivity index (χ0v) is 15.5. The molecule has 0 aromatic heterocycles. The van der Waals surface area contributed by atoms with E-state index in [2.05, 4.69) is 38.4 Å². The Labute approximate surface area is 151 Å². The molecular formula is C17H22BrN3OS. The third-order valence-corrected chi connectivity index (χ3v) is 4.58. The highest BCUT2D eigenvalue weighted by atomic mass is 79.9. The number of thiocarbonyl (C=S) groups is 1. The van der Waals surface area contributed by atoms with Gasteiger partial charge in [0.25, 0.3) is 0 Å². The second-order valence-electron chi connectivity index (χ2n) is 5.46. The SMILES string of the molecule is C=CCOc1ccc(Br)c(C=NNC(=S)NC2CCCCC2)c1. The molecule has 23 heavy (non-hydrogen) atoms. The normalized spacial score (nSPS) is 15.3. The lowest BCUT2D eigenvalue weighted by molar-refractivity contribution is 0.363. The number of rotatable bonds is 6. The van der Waals surface area contributed by atoms with Gasteiger partial charge in [-0.25, -0.2) is 0 Å². The van der Waals surface area contributed by atoms with Gasteiger partial charge in [-0.1, -0.05) is 47.8 Å². The molecule has 0 radical (unpaired) electrons. The van der Waals surface area contributed by atoms with Crippen molar-refractivity contribution in [1.82, 2.24) is 10.7 Å². The Balaban J connectivity index is 1.86. The van der Waals surface area contributed by atoms with Gasteiger partial charge in [0.2, 0.25) is 0 Å². The number of nitrogens with one attached hydrogen (secondary N) is 2. The Hall–Kier alpha value is -1.40. The summed E-state index contributed by atoms with van der Waals surface area (Å²) in [7, 11) is 0. The van der Waals surface area contributed by atoms with Crippen molar-refractivity contribution in [2.45, 2.75) is 38.1 Å². The summed E-state index contributed by atoms with van der Waals surface area (Å²) in [5, 5.41) is 8.10. The van der Waals surface area contributed by atoms with Crippen molar-refractivity contribution in [3.8, 4) is 5.75 Å².